The van der Waals surface area contributed by atoms with E-state index >= 15 is 0 Å². The molecule has 0 spiro atoms. The van der Waals surface area contributed by atoms with Crippen LogP contribution in [0.5, 0.6) is 0 Å². The highest BCUT2D eigenvalue weighted by molar-refractivity contribution is 14.1. The monoisotopic (exact) mass is 263 g/mol. The molecule has 0 radical (unpaired) electrons. The molecule has 0 unspecified atom stereocenters. The average molecular weight is 263 g/mol. The molecule has 0 saturated carbocycles. The van der Waals surface area contributed by atoms with Gasteiger partial charge in [-0.3, -0.25) is 4.90 Å². The second-order valence-electron chi connectivity index (χ2n) is 2.38. The van der Waals surface area contributed by atoms with Crippen LogP contribution in [-0.2, 0) is 3.07 Å². The lowest BCUT2D eigenvalue weighted by Gasteiger charge is -2.38. The molecule has 0 N–H and O–H groups in total. The summed E-state index contributed by atoms with van der Waals surface area (Å²) in [5.74, 6) is -2.44. The van der Waals surface area contributed by atoms with Crippen molar-refractivity contribution in [2.24, 2.45) is 0 Å². The Kier molecular flexibility index (Phi) is 2.81. The van der Waals surface area contributed by atoms with E-state index in [9.17, 15) is 8.78 Å². The van der Waals surface area contributed by atoms with Gasteiger partial charge >= 0.3 is 0 Å². The summed E-state index contributed by atoms with van der Waals surface area (Å²) < 4.78 is 29.0. The van der Waals surface area contributed by atoms with Crippen molar-refractivity contribution < 1.29 is 11.8 Å². The summed E-state index contributed by atoms with van der Waals surface area (Å²) in [6, 6.07) is 0. The lowest BCUT2D eigenvalue weighted by Crippen LogP contribution is -2.56. The van der Waals surface area contributed by atoms with Gasteiger partial charge < -0.3 is 3.07 Å². The van der Waals surface area contributed by atoms with E-state index in [1.165, 1.54) is 0 Å². The molecule has 1 aliphatic heterocycles. The van der Waals surface area contributed by atoms with E-state index in [4.69, 9.17) is 3.07 Å². The van der Waals surface area contributed by atoms with Crippen molar-refractivity contribution in [3.05, 3.63) is 0 Å². The predicted molar refractivity (Wildman–Crippen MR) is 41.4 cm³/mol. The summed E-state index contributed by atoms with van der Waals surface area (Å²) >= 11 is 1.76. The molecule has 0 atom stereocenters. The number of hydrogen-bond donors (Lipinski definition) is 0. The zero-order valence-electron chi connectivity index (χ0n) is 5.32. The summed E-state index contributed by atoms with van der Waals surface area (Å²) in [7, 11) is 0. The molecular formula is C5H8F2INO. The number of nitrogens with zero attached hydrogens (tertiary/aromatic N) is 1. The third kappa shape index (κ3) is 2.28. The quantitative estimate of drug-likeness (QED) is 0.712. The molecule has 1 saturated heterocycles. The van der Waals surface area contributed by atoms with Crippen LogP contribution in [0, 0.1) is 0 Å². The van der Waals surface area contributed by atoms with Gasteiger partial charge in [-0.05, 0) is 0 Å². The topological polar surface area (TPSA) is 12.5 Å². The first-order chi connectivity index (χ1) is 4.64. The summed E-state index contributed by atoms with van der Waals surface area (Å²) in [6.07, 6.45) is 0. The summed E-state index contributed by atoms with van der Waals surface area (Å²) in [6.45, 7) is 0.926. The van der Waals surface area contributed by atoms with Crippen LogP contribution < -0.4 is 0 Å². The lowest BCUT2D eigenvalue weighted by atomic mass is 10.1. The molecule has 2 nitrogen and oxygen atoms in total. The smallest absolute Gasteiger partial charge is 0.272 e. The van der Waals surface area contributed by atoms with Gasteiger partial charge in [0.15, 0.2) is 0 Å². The number of alkyl halides is 2. The van der Waals surface area contributed by atoms with Gasteiger partial charge in [0.25, 0.3) is 5.92 Å². The van der Waals surface area contributed by atoms with Gasteiger partial charge in [-0.2, -0.15) is 0 Å². The normalized spacial score (nSPS) is 24.3. The molecule has 1 heterocycles. The molecule has 1 rings (SSSR count). The fourth-order valence-corrected chi connectivity index (χ4v) is 1.13. The highest BCUT2D eigenvalue weighted by Crippen LogP contribution is 2.25. The molecule has 0 aromatic rings. The van der Waals surface area contributed by atoms with Crippen LogP contribution in [0.4, 0.5) is 8.78 Å². The summed E-state index contributed by atoms with van der Waals surface area (Å²) in [4.78, 5) is 1.67. The average Bonchev–Trinajstić information content (AvgIpc) is 1.78. The van der Waals surface area contributed by atoms with Crippen LogP contribution in [-0.4, -0.2) is 37.1 Å². The Morgan fingerprint density at radius 2 is 2.10 bits per heavy atom. The maximum atomic E-state index is 12.1. The second-order valence-corrected chi connectivity index (χ2v) is 3.00. The van der Waals surface area contributed by atoms with E-state index in [1.54, 1.807) is 27.9 Å². The molecule has 0 aromatic heterocycles. The van der Waals surface area contributed by atoms with Gasteiger partial charge in [-0.1, -0.05) is 0 Å². The Morgan fingerprint density at radius 1 is 1.50 bits per heavy atom. The molecule has 1 fully saturated rings. The Labute approximate surface area is 72.2 Å². The zero-order valence-corrected chi connectivity index (χ0v) is 7.48. The molecule has 1 aliphatic rings. The molecule has 0 aromatic carbocycles. The Morgan fingerprint density at radius 3 is 2.50 bits per heavy atom. The fraction of sp³-hybridized carbons (Fsp3) is 1.00. The van der Waals surface area contributed by atoms with Gasteiger partial charge in [-0.25, -0.2) is 8.78 Å². The predicted octanol–water partition coefficient (Wildman–Crippen LogP) is 1.30. The molecule has 60 valence electrons. The van der Waals surface area contributed by atoms with E-state index in [0.717, 1.165) is 0 Å². The molecule has 0 bridgehead atoms. The molecule has 10 heavy (non-hydrogen) atoms. The van der Waals surface area contributed by atoms with Gasteiger partial charge in [0, 0.05) is 6.54 Å². The largest absolute Gasteiger partial charge is 0.314 e. The maximum Gasteiger partial charge on any atom is 0.272 e. The Bertz CT molecular complexity index is 114. The van der Waals surface area contributed by atoms with Crippen molar-refractivity contribution in [2.45, 2.75) is 5.92 Å². The highest BCUT2D eigenvalue weighted by Gasteiger charge is 2.43. The van der Waals surface area contributed by atoms with Crippen molar-refractivity contribution >= 4 is 23.0 Å². The van der Waals surface area contributed by atoms with Crippen molar-refractivity contribution in [1.29, 1.82) is 0 Å². The first-order valence-electron chi connectivity index (χ1n) is 2.98. The Hall–Kier alpha value is 0.510. The SMILES string of the molecule is FC1(F)CN(CCOI)C1. The van der Waals surface area contributed by atoms with E-state index < -0.39 is 5.92 Å². The molecular weight excluding hydrogens is 255 g/mol. The van der Waals surface area contributed by atoms with E-state index in [1.807, 2.05) is 0 Å². The third-order valence-corrected chi connectivity index (χ3v) is 1.83. The van der Waals surface area contributed by atoms with Gasteiger partial charge in [0.1, 0.15) is 23.0 Å². The minimum absolute atomic E-state index is 0.104. The number of likely N-dealkylation sites (tertiary alicyclic amines) is 1. The van der Waals surface area contributed by atoms with Crippen LogP contribution in [0.15, 0.2) is 0 Å². The van der Waals surface area contributed by atoms with E-state index in [-0.39, 0.29) is 13.1 Å². The van der Waals surface area contributed by atoms with Gasteiger partial charge in [-0.15, -0.1) is 0 Å². The lowest BCUT2D eigenvalue weighted by molar-refractivity contribution is -0.131. The summed E-state index contributed by atoms with van der Waals surface area (Å²) in [5.41, 5.74) is 0. The number of halogens is 3. The van der Waals surface area contributed by atoms with Crippen molar-refractivity contribution in [1.82, 2.24) is 4.90 Å². The van der Waals surface area contributed by atoms with Crippen LogP contribution in [0.25, 0.3) is 0 Å². The van der Waals surface area contributed by atoms with Crippen molar-refractivity contribution in [2.75, 3.05) is 26.2 Å². The molecule has 0 amide bonds. The van der Waals surface area contributed by atoms with Crippen molar-refractivity contribution in [3.63, 3.8) is 0 Å². The van der Waals surface area contributed by atoms with Crippen LogP contribution >= 0.6 is 23.0 Å². The maximum absolute atomic E-state index is 12.1. The minimum Gasteiger partial charge on any atom is -0.314 e. The van der Waals surface area contributed by atoms with E-state index in [2.05, 4.69) is 0 Å². The fourth-order valence-electron chi connectivity index (χ4n) is 0.930. The zero-order chi connectivity index (χ0) is 7.61. The molecule has 0 aliphatic carbocycles. The van der Waals surface area contributed by atoms with Crippen LogP contribution in [0.2, 0.25) is 0 Å². The minimum atomic E-state index is -2.44. The first-order valence-corrected chi connectivity index (χ1v) is 3.86. The van der Waals surface area contributed by atoms with Gasteiger partial charge in [0.05, 0.1) is 19.7 Å². The van der Waals surface area contributed by atoms with Crippen LogP contribution in [0.1, 0.15) is 0 Å². The second kappa shape index (κ2) is 3.27. The number of hydrogen-bond acceptors (Lipinski definition) is 2. The standard InChI is InChI=1S/C5H8F2INO/c6-5(7)3-9(4-5)1-2-10-8/h1-4H2. The number of rotatable bonds is 3. The Balaban J connectivity index is 2.03. The third-order valence-electron chi connectivity index (χ3n) is 1.39. The van der Waals surface area contributed by atoms with Gasteiger partial charge in [0.2, 0.25) is 0 Å². The molecule has 5 heteroatoms. The first kappa shape index (κ1) is 8.61. The van der Waals surface area contributed by atoms with Crippen LogP contribution in [0.3, 0.4) is 0 Å². The summed E-state index contributed by atoms with van der Waals surface area (Å²) in [5, 5.41) is 0. The highest BCUT2D eigenvalue weighted by atomic mass is 127. The van der Waals surface area contributed by atoms with Crippen molar-refractivity contribution in [3.8, 4) is 0 Å². The van der Waals surface area contributed by atoms with E-state index in [0.29, 0.717) is 13.2 Å².